The number of amides is 1. The molecule has 0 radical (unpaired) electrons. The molecule has 0 aromatic carbocycles. The van der Waals surface area contributed by atoms with E-state index in [1.54, 1.807) is 10.9 Å². The van der Waals surface area contributed by atoms with Gasteiger partial charge < -0.3 is 10.2 Å². The molecule has 1 aromatic heterocycles. The van der Waals surface area contributed by atoms with Crippen molar-refractivity contribution >= 4 is 17.2 Å². The zero-order chi connectivity index (χ0) is 12.1. The number of hydrogen-bond acceptors (Lipinski definition) is 4. The second-order valence-corrected chi connectivity index (χ2v) is 5.37. The van der Waals surface area contributed by atoms with Crippen LogP contribution in [0.15, 0.2) is 10.9 Å². The molecule has 1 saturated heterocycles. The monoisotopic (exact) mass is 253 g/mol. The van der Waals surface area contributed by atoms with E-state index in [9.17, 15) is 4.79 Å². The third kappa shape index (κ3) is 3.78. The summed E-state index contributed by atoms with van der Waals surface area (Å²) in [5.41, 5.74) is 2.21. The molecule has 5 heteroatoms. The molecule has 0 saturated carbocycles. The van der Waals surface area contributed by atoms with E-state index in [0.717, 1.165) is 25.6 Å². The standard InChI is InChI=1S/C12H19N3OS/c1-10-2-5-15(6-3-10)7-4-13-12(16)11-8-17-9-14-11/h8-10H,2-7H2,1H3,(H,13,16). The van der Waals surface area contributed by atoms with Crippen LogP contribution in [0.4, 0.5) is 0 Å². The molecule has 0 spiro atoms. The van der Waals surface area contributed by atoms with Crippen LogP contribution in [0.1, 0.15) is 30.3 Å². The van der Waals surface area contributed by atoms with Crippen molar-refractivity contribution < 1.29 is 4.79 Å². The Morgan fingerprint density at radius 1 is 1.59 bits per heavy atom. The smallest absolute Gasteiger partial charge is 0.270 e. The highest BCUT2D eigenvalue weighted by atomic mass is 32.1. The minimum absolute atomic E-state index is 0.0587. The number of carbonyl (C=O) groups is 1. The minimum Gasteiger partial charge on any atom is -0.349 e. The largest absolute Gasteiger partial charge is 0.349 e. The van der Waals surface area contributed by atoms with Crippen LogP contribution in [-0.4, -0.2) is 42.0 Å². The molecule has 2 heterocycles. The zero-order valence-electron chi connectivity index (χ0n) is 10.2. The lowest BCUT2D eigenvalue weighted by Crippen LogP contribution is -2.39. The lowest BCUT2D eigenvalue weighted by molar-refractivity contribution is 0.0940. The van der Waals surface area contributed by atoms with Crippen molar-refractivity contribution in [1.29, 1.82) is 0 Å². The van der Waals surface area contributed by atoms with Gasteiger partial charge in [-0.2, -0.15) is 0 Å². The van der Waals surface area contributed by atoms with Crippen molar-refractivity contribution in [3.05, 3.63) is 16.6 Å². The van der Waals surface area contributed by atoms with E-state index in [0.29, 0.717) is 12.2 Å². The lowest BCUT2D eigenvalue weighted by atomic mass is 9.99. The Kier molecular flexibility index (Phi) is 4.50. The van der Waals surface area contributed by atoms with Crippen molar-refractivity contribution in [1.82, 2.24) is 15.2 Å². The number of piperidine rings is 1. The van der Waals surface area contributed by atoms with Crippen LogP contribution >= 0.6 is 11.3 Å². The summed E-state index contributed by atoms with van der Waals surface area (Å²) in [7, 11) is 0. The first-order chi connectivity index (χ1) is 8.25. The molecule has 1 amide bonds. The number of nitrogens with one attached hydrogen (secondary N) is 1. The van der Waals surface area contributed by atoms with E-state index < -0.39 is 0 Å². The Hall–Kier alpha value is -0.940. The number of hydrogen-bond donors (Lipinski definition) is 1. The average Bonchev–Trinajstić information content (AvgIpc) is 2.85. The van der Waals surface area contributed by atoms with Crippen molar-refractivity contribution in [2.24, 2.45) is 5.92 Å². The predicted octanol–water partition coefficient (Wildman–Crippen LogP) is 1.60. The molecule has 1 aromatic rings. The van der Waals surface area contributed by atoms with Crippen LogP contribution < -0.4 is 5.32 Å². The van der Waals surface area contributed by atoms with Crippen molar-refractivity contribution in [2.45, 2.75) is 19.8 Å². The maximum Gasteiger partial charge on any atom is 0.270 e. The summed E-state index contributed by atoms with van der Waals surface area (Å²) in [4.78, 5) is 18.0. The fraction of sp³-hybridized carbons (Fsp3) is 0.667. The Morgan fingerprint density at radius 2 is 2.35 bits per heavy atom. The zero-order valence-corrected chi connectivity index (χ0v) is 11.0. The van der Waals surface area contributed by atoms with Gasteiger partial charge in [-0.25, -0.2) is 4.98 Å². The molecular formula is C12H19N3OS. The Morgan fingerprint density at radius 3 is 3.00 bits per heavy atom. The van der Waals surface area contributed by atoms with Gasteiger partial charge in [0.2, 0.25) is 0 Å². The second kappa shape index (κ2) is 6.12. The van der Waals surface area contributed by atoms with Crippen molar-refractivity contribution in [3.63, 3.8) is 0 Å². The van der Waals surface area contributed by atoms with Crippen LogP contribution in [0.3, 0.4) is 0 Å². The quantitative estimate of drug-likeness (QED) is 0.886. The predicted molar refractivity (Wildman–Crippen MR) is 69.3 cm³/mol. The molecular weight excluding hydrogens is 234 g/mol. The molecule has 1 aliphatic heterocycles. The number of carbonyl (C=O) groups excluding carboxylic acids is 1. The Balaban J connectivity index is 1.64. The van der Waals surface area contributed by atoms with Gasteiger partial charge in [0.15, 0.2) is 0 Å². The van der Waals surface area contributed by atoms with Crippen molar-refractivity contribution in [3.8, 4) is 0 Å². The summed E-state index contributed by atoms with van der Waals surface area (Å²) in [5.74, 6) is 0.799. The third-order valence-electron chi connectivity index (χ3n) is 3.25. The molecule has 1 aliphatic rings. The van der Waals surface area contributed by atoms with Gasteiger partial charge >= 0.3 is 0 Å². The van der Waals surface area contributed by atoms with Gasteiger partial charge in [0.05, 0.1) is 5.51 Å². The van der Waals surface area contributed by atoms with Crippen LogP contribution in [-0.2, 0) is 0 Å². The van der Waals surface area contributed by atoms with Gasteiger partial charge in [-0.1, -0.05) is 6.92 Å². The summed E-state index contributed by atoms with van der Waals surface area (Å²) in [6.07, 6.45) is 2.56. The molecule has 0 unspecified atom stereocenters. The van der Waals surface area contributed by atoms with Crippen LogP contribution in [0, 0.1) is 5.92 Å². The van der Waals surface area contributed by atoms with E-state index in [1.807, 2.05) is 0 Å². The fourth-order valence-corrected chi connectivity index (χ4v) is 2.56. The summed E-state index contributed by atoms with van der Waals surface area (Å²) in [5, 5.41) is 4.68. The van der Waals surface area contributed by atoms with Gasteiger partial charge in [0.25, 0.3) is 5.91 Å². The average molecular weight is 253 g/mol. The molecule has 4 nitrogen and oxygen atoms in total. The molecule has 0 atom stereocenters. The SMILES string of the molecule is CC1CCN(CCNC(=O)c2cscn2)CC1. The van der Waals surface area contributed by atoms with Gasteiger partial charge in [-0.3, -0.25) is 4.79 Å². The first-order valence-corrected chi connectivity index (χ1v) is 7.08. The van der Waals surface area contributed by atoms with E-state index >= 15 is 0 Å². The molecule has 1 N–H and O–H groups in total. The first-order valence-electron chi connectivity index (χ1n) is 6.14. The fourth-order valence-electron chi connectivity index (χ4n) is 2.03. The number of likely N-dealkylation sites (tertiary alicyclic amines) is 1. The van der Waals surface area contributed by atoms with Gasteiger partial charge in [-0.05, 0) is 31.8 Å². The van der Waals surface area contributed by atoms with Crippen molar-refractivity contribution in [2.75, 3.05) is 26.2 Å². The molecule has 0 aliphatic carbocycles. The van der Waals surface area contributed by atoms with Gasteiger partial charge in [0, 0.05) is 18.5 Å². The van der Waals surface area contributed by atoms with E-state index in [-0.39, 0.29) is 5.91 Å². The minimum atomic E-state index is -0.0587. The number of thiazole rings is 1. The molecule has 0 bridgehead atoms. The van der Waals surface area contributed by atoms with Crippen LogP contribution in [0.25, 0.3) is 0 Å². The van der Waals surface area contributed by atoms with E-state index in [4.69, 9.17) is 0 Å². The van der Waals surface area contributed by atoms with Crippen LogP contribution in [0.2, 0.25) is 0 Å². The molecule has 94 valence electrons. The summed E-state index contributed by atoms with van der Waals surface area (Å²) < 4.78 is 0. The highest BCUT2D eigenvalue weighted by Gasteiger charge is 2.15. The number of aromatic nitrogens is 1. The van der Waals surface area contributed by atoms with E-state index in [1.165, 1.54) is 24.2 Å². The number of nitrogens with zero attached hydrogens (tertiary/aromatic N) is 2. The maximum absolute atomic E-state index is 11.6. The Labute approximate surface area is 106 Å². The summed E-state index contributed by atoms with van der Waals surface area (Å²) in [6.45, 7) is 6.29. The van der Waals surface area contributed by atoms with Gasteiger partial charge in [0.1, 0.15) is 5.69 Å². The highest BCUT2D eigenvalue weighted by molar-refractivity contribution is 7.07. The van der Waals surface area contributed by atoms with Gasteiger partial charge in [-0.15, -0.1) is 11.3 Å². The summed E-state index contributed by atoms with van der Waals surface area (Å²) >= 11 is 1.45. The summed E-state index contributed by atoms with van der Waals surface area (Å²) in [6, 6.07) is 0. The highest BCUT2D eigenvalue weighted by Crippen LogP contribution is 2.15. The molecule has 2 rings (SSSR count). The normalized spacial score (nSPS) is 18.2. The molecule has 1 fully saturated rings. The second-order valence-electron chi connectivity index (χ2n) is 4.65. The number of rotatable bonds is 4. The lowest BCUT2D eigenvalue weighted by Gasteiger charge is -2.30. The van der Waals surface area contributed by atoms with E-state index in [2.05, 4.69) is 22.1 Å². The molecule has 17 heavy (non-hydrogen) atoms. The van der Waals surface area contributed by atoms with Crippen LogP contribution in [0.5, 0.6) is 0 Å². The third-order valence-corrected chi connectivity index (χ3v) is 3.84. The topological polar surface area (TPSA) is 45.2 Å². The maximum atomic E-state index is 11.6. The Bertz CT molecular complexity index is 345. The first kappa shape index (κ1) is 12.5.